The second-order valence-electron chi connectivity index (χ2n) is 8.90. The topological polar surface area (TPSA) is 46.6 Å². The number of likely N-dealkylation sites (tertiary alicyclic amines) is 1. The summed E-state index contributed by atoms with van der Waals surface area (Å²) >= 11 is 6.17. The van der Waals surface area contributed by atoms with E-state index in [9.17, 15) is 9.59 Å². The molecule has 1 saturated heterocycles. The number of fused-ring (bicyclic) bond motifs is 3. The van der Waals surface area contributed by atoms with E-state index < -0.39 is 11.7 Å². The van der Waals surface area contributed by atoms with Crippen molar-refractivity contribution in [3.8, 4) is 0 Å². The Hall–Kier alpha value is -1.81. The second kappa shape index (κ2) is 8.37. The predicted molar refractivity (Wildman–Crippen MR) is 120 cm³/mol. The van der Waals surface area contributed by atoms with Crippen LogP contribution in [0, 0.1) is 0 Å². The van der Waals surface area contributed by atoms with Gasteiger partial charge in [-0.05, 0) is 0 Å². The molecule has 0 radical (unpaired) electrons. The number of rotatable bonds is 2. The molecular weight excluding hydrogens is 465 g/mol. The summed E-state index contributed by atoms with van der Waals surface area (Å²) in [7, 11) is 0. The quantitative estimate of drug-likeness (QED) is 0.572. The number of amides is 2. The standard InChI is InChI=1S/C24H26ClNO3Se/c1-24(2,3)29-23(28)26-20-12-9-15-13-16(25)10-11-18(15)19(20)14-21(22(26)27)30-17-7-5-4-6-8-17/h4-8,10-11,13,19-21H,9,12,14H2,1-3H3. The van der Waals surface area contributed by atoms with Gasteiger partial charge in [0.1, 0.15) is 0 Å². The molecule has 4 rings (SSSR count). The van der Waals surface area contributed by atoms with Crippen LogP contribution in [0.1, 0.15) is 50.7 Å². The minimum atomic E-state index is -0.648. The Morgan fingerprint density at radius 1 is 1.17 bits per heavy atom. The fourth-order valence-corrected chi connectivity index (χ4v) is 7.04. The molecule has 1 fully saturated rings. The summed E-state index contributed by atoms with van der Waals surface area (Å²) in [5, 5.41) is 0.730. The van der Waals surface area contributed by atoms with E-state index in [1.54, 1.807) is 0 Å². The molecule has 2 aliphatic rings. The molecule has 2 aromatic rings. The van der Waals surface area contributed by atoms with Gasteiger partial charge >= 0.3 is 189 Å². The number of carbonyl (C=O) groups excluding carboxylic acids is 2. The Morgan fingerprint density at radius 2 is 1.90 bits per heavy atom. The summed E-state index contributed by atoms with van der Waals surface area (Å²) in [5.41, 5.74) is 1.79. The predicted octanol–water partition coefficient (Wildman–Crippen LogP) is 4.72. The molecule has 1 aliphatic heterocycles. The zero-order valence-corrected chi connectivity index (χ0v) is 19.9. The number of halogens is 1. The molecular formula is C24H26ClNO3Se. The van der Waals surface area contributed by atoms with E-state index in [2.05, 4.69) is 18.2 Å². The molecule has 3 atom stereocenters. The average Bonchev–Trinajstić information content (AvgIpc) is 2.67. The molecule has 30 heavy (non-hydrogen) atoms. The van der Waals surface area contributed by atoms with Crippen molar-refractivity contribution < 1.29 is 14.3 Å². The molecule has 1 aliphatic carbocycles. The van der Waals surface area contributed by atoms with Gasteiger partial charge in [0.05, 0.1) is 0 Å². The first-order valence-electron chi connectivity index (χ1n) is 10.3. The number of imide groups is 1. The van der Waals surface area contributed by atoms with Crippen LogP contribution in [0.5, 0.6) is 0 Å². The Labute approximate surface area is 189 Å². The van der Waals surface area contributed by atoms with E-state index in [0.717, 1.165) is 28.7 Å². The van der Waals surface area contributed by atoms with Crippen LogP contribution in [-0.4, -0.2) is 43.5 Å². The molecule has 6 heteroatoms. The number of carbonyl (C=O) groups is 2. The Morgan fingerprint density at radius 3 is 2.60 bits per heavy atom. The average molecular weight is 491 g/mol. The zero-order chi connectivity index (χ0) is 21.5. The van der Waals surface area contributed by atoms with Crippen LogP contribution in [0.15, 0.2) is 48.5 Å². The summed E-state index contributed by atoms with van der Waals surface area (Å²) in [6.07, 6.45) is 1.78. The third-order valence-corrected chi connectivity index (χ3v) is 8.40. The first kappa shape index (κ1) is 21.4. The summed E-state index contributed by atoms with van der Waals surface area (Å²) in [5.74, 6) is 0.0265. The van der Waals surface area contributed by atoms with E-state index >= 15 is 0 Å². The van der Waals surface area contributed by atoms with Gasteiger partial charge in [-0.1, -0.05) is 0 Å². The first-order chi connectivity index (χ1) is 14.2. The number of aryl methyl sites for hydroxylation is 1. The second-order valence-corrected chi connectivity index (χ2v) is 12.0. The Bertz CT molecular complexity index is 957. The van der Waals surface area contributed by atoms with Gasteiger partial charge in [-0.3, -0.25) is 0 Å². The summed E-state index contributed by atoms with van der Waals surface area (Å²) in [6, 6.07) is 15.9. The van der Waals surface area contributed by atoms with E-state index in [1.165, 1.54) is 16.0 Å². The maximum absolute atomic E-state index is 13.5. The third-order valence-electron chi connectivity index (χ3n) is 5.60. The number of hydrogen-bond acceptors (Lipinski definition) is 3. The molecule has 2 amide bonds. The van der Waals surface area contributed by atoms with Crippen molar-refractivity contribution >= 4 is 43.0 Å². The van der Waals surface area contributed by atoms with Gasteiger partial charge in [-0.25, -0.2) is 0 Å². The van der Waals surface area contributed by atoms with Crippen molar-refractivity contribution in [2.45, 2.75) is 62.4 Å². The summed E-state index contributed by atoms with van der Waals surface area (Å²) in [6.45, 7) is 5.50. The summed E-state index contributed by atoms with van der Waals surface area (Å²) in [4.78, 5) is 27.8. The number of hydrogen-bond donors (Lipinski definition) is 0. The van der Waals surface area contributed by atoms with Gasteiger partial charge in [-0.2, -0.15) is 0 Å². The molecule has 158 valence electrons. The number of benzene rings is 2. The third kappa shape index (κ3) is 4.44. The van der Waals surface area contributed by atoms with Crippen molar-refractivity contribution in [1.82, 2.24) is 4.90 Å². The van der Waals surface area contributed by atoms with Crippen LogP contribution in [0.25, 0.3) is 0 Å². The molecule has 0 bridgehead atoms. The van der Waals surface area contributed by atoms with Gasteiger partial charge in [0.2, 0.25) is 0 Å². The van der Waals surface area contributed by atoms with Gasteiger partial charge < -0.3 is 0 Å². The molecule has 0 spiro atoms. The number of piperidine rings is 1. The van der Waals surface area contributed by atoms with Crippen LogP contribution in [0.2, 0.25) is 9.84 Å². The molecule has 3 unspecified atom stereocenters. The zero-order valence-electron chi connectivity index (χ0n) is 17.4. The minimum absolute atomic E-state index is 0.0619. The van der Waals surface area contributed by atoms with Crippen LogP contribution >= 0.6 is 11.6 Å². The van der Waals surface area contributed by atoms with E-state index in [-0.39, 0.29) is 37.6 Å². The molecule has 0 N–H and O–H groups in total. The van der Waals surface area contributed by atoms with Crippen LogP contribution < -0.4 is 4.46 Å². The fourth-order valence-electron chi connectivity index (χ4n) is 4.41. The molecule has 1 heterocycles. The van der Waals surface area contributed by atoms with Gasteiger partial charge in [0, 0.05) is 0 Å². The number of nitrogens with zero attached hydrogens (tertiary/aromatic N) is 1. The normalized spacial score (nSPS) is 23.5. The first-order valence-corrected chi connectivity index (χ1v) is 12.5. The Kier molecular flexibility index (Phi) is 5.98. The van der Waals surface area contributed by atoms with Crippen LogP contribution in [0.3, 0.4) is 0 Å². The van der Waals surface area contributed by atoms with Gasteiger partial charge in [0.25, 0.3) is 0 Å². The maximum atomic E-state index is 13.5. The molecule has 2 aromatic carbocycles. The van der Waals surface area contributed by atoms with Crippen molar-refractivity contribution in [3.05, 3.63) is 64.7 Å². The van der Waals surface area contributed by atoms with E-state index in [4.69, 9.17) is 16.3 Å². The van der Waals surface area contributed by atoms with E-state index in [0.29, 0.717) is 0 Å². The van der Waals surface area contributed by atoms with Gasteiger partial charge in [0.15, 0.2) is 0 Å². The van der Waals surface area contributed by atoms with Crippen molar-refractivity contribution in [2.75, 3.05) is 0 Å². The monoisotopic (exact) mass is 491 g/mol. The molecule has 4 nitrogen and oxygen atoms in total. The van der Waals surface area contributed by atoms with Crippen LogP contribution in [-0.2, 0) is 16.0 Å². The van der Waals surface area contributed by atoms with Crippen molar-refractivity contribution in [1.29, 1.82) is 0 Å². The fraction of sp³-hybridized carbons (Fsp3) is 0.417. The molecule has 0 saturated carbocycles. The van der Waals surface area contributed by atoms with Crippen LogP contribution in [0.4, 0.5) is 4.79 Å². The van der Waals surface area contributed by atoms with Crippen molar-refractivity contribution in [2.24, 2.45) is 0 Å². The van der Waals surface area contributed by atoms with E-state index in [1.807, 2.05) is 51.1 Å². The molecule has 0 aromatic heterocycles. The van der Waals surface area contributed by atoms with Gasteiger partial charge in [-0.15, -0.1) is 0 Å². The van der Waals surface area contributed by atoms with Crippen molar-refractivity contribution in [3.63, 3.8) is 0 Å². The SMILES string of the molecule is CC(C)(C)OC(=O)N1C(=O)C([Se]c2ccccc2)CC2c3ccc(Cl)cc3CCC21. The Balaban J connectivity index is 1.70. The summed E-state index contributed by atoms with van der Waals surface area (Å²) < 4.78 is 6.82. The number of ether oxygens (including phenoxy) is 1.